The van der Waals surface area contributed by atoms with Crippen molar-refractivity contribution >= 4 is 29.7 Å². The number of aryl methyl sites for hydroxylation is 1. The summed E-state index contributed by atoms with van der Waals surface area (Å²) in [7, 11) is 1.68. The van der Waals surface area contributed by atoms with Gasteiger partial charge >= 0.3 is 0 Å². The summed E-state index contributed by atoms with van der Waals surface area (Å²) in [6.07, 6.45) is 9.77. The van der Waals surface area contributed by atoms with Gasteiger partial charge in [-0.15, -0.1) is 0 Å². The Labute approximate surface area is 295 Å². The van der Waals surface area contributed by atoms with Crippen LogP contribution in [0.1, 0.15) is 77.0 Å². The van der Waals surface area contributed by atoms with Gasteiger partial charge in [-0.25, -0.2) is 0 Å². The Morgan fingerprint density at radius 3 is 2.10 bits per heavy atom. The molecular formula is C42H57N3O3Si. The smallest absolute Gasteiger partial charge is 0.261 e. The SMILES string of the molecule is CN(C)Cc1c(OCC2CC2)ccc2c(CCC3CCN(CC4(CO[Si](c5ccccc5)(c5ccccc5)C(C)(C)C)CC4)CC3)noc12. The molecule has 0 N–H and O–H groups in total. The van der Waals surface area contributed by atoms with Gasteiger partial charge < -0.3 is 23.5 Å². The zero-order valence-electron chi connectivity index (χ0n) is 30.5. The number of ether oxygens (including phenoxy) is 1. The second-order valence-electron chi connectivity index (χ2n) is 16.8. The molecule has 7 heteroatoms. The van der Waals surface area contributed by atoms with Crippen LogP contribution in [0.15, 0.2) is 77.3 Å². The van der Waals surface area contributed by atoms with E-state index in [2.05, 4.69) is 123 Å². The Morgan fingerprint density at radius 1 is 0.878 bits per heavy atom. The Bertz CT molecular complexity index is 1630. The molecule has 2 aliphatic carbocycles. The summed E-state index contributed by atoms with van der Waals surface area (Å²) >= 11 is 0. The molecule has 49 heavy (non-hydrogen) atoms. The maximum atomic E-state index is 7.42. The highest BCUT2D eigenvalue weighted by molar-refractivity contribution is 6.99. The summed E-state index contributed by atoms with van der Waals surface area (Å²) in [5.74, 6) is 2.40. The first-order valence-corrected chi connectivity index (χ1v) is 20.7. The van der Waals surface area contributed by atoms with Gasteiger partial charge in [-0.05, 0) is 118 Å². The highest BCUT2D eigenvalue weighted by Crippen LogP contribution is 2.49. The molecule has 7 rings (SSSR count). The van der Waals surface area contributed by atoms with Crippen molar-refractivity contribution in [3.63, 3.8) is 0 Å². The topological polar surface area (TPSA) is 51.0 Å². The third-order valence-electron chi connectivity index (χ3n) is 11.4. The zero-order chi connectivity index (χ0) is 34.1. The van der Waals surface area contributed by atoms with Crippen LogP contribution in [-0.4, -0.2) is 70.2 Å². The Morgan fingerprint density at radius 2 is 1.53 bits per heavy atom. The summed E-state index contributed by atoms with van der Waals surface area (Å²) in [5, 5.41) is 8.52. The monoisotopic (exact) mass is 679 g/mol. The van der Waals surface area contributed by atoms with E-state index in [1.807, 2.05) is 0 Å². The van der Waals surface area contributed by atoms with Crippen LogP contribution in [0.3, 0.4) is 0 Å². The minimum absolute atomic E-state index is 0.0132. The van der Waals surface area contributed by atoms with Crippen LogP contribution in [0.4, 0.5) is 0 Å². The van der Waals surface area contributed by atoms with Gasteiger partial charge in [0.2, 0.25) is 0 Å². The first-order valence-electron chi connectivity index (χ1n) is 18.8. The molecule has 0 amide bonds. The van der Waals surface area contributed by atoms with Crippen LogP contribution in [0.2, 0.25) is 5.04 Å². The Kier molecular flexibility index (Phi) is 10.1. The second-order valence-corrected chi connectivity index (χ2v) is 21.1. The lowest BCUT2D eigenvalue weighted by Crippen LogP contribution is -2.67. The number of hydrogen-bond donors (Lipinski definition) is 0. The average Bonchev–Trinajstić information content (AvgIpc) is 4.03. The third kappa shape index (κ3) is 7.70. The molecule has 2 heterocycles. The van der Waals surface area contributed by atoms with Crippen molar-refractivity contribution in [3.05, 3.63) is 84.1 Å². The molecule has 1 aromatic heterocycles. The van der Waals surface area contributed by atoms with Crippen LogP contribution in [-0.2, 0) is 17.4 Å². The van der Waals surface area contributed by atoms with E-state index < -0.39 is 8.32 Å². The van der Waals surface area contributed by atoms with Gasteiger partial charge in [-0.1, -0.05) is 86.6 Å². The quantitative estimate of drug-likeness (QED) is 0.120. The van der Waals surface area contributed by atoms with Crippen LogP contribution in [0.5, 0.6) is 5.75 Å². The zero-order valence-corrected chi connectivity index (χ0v) is 31.5. The molecule has 2 saturated carbocycles. The number of hydrogen-bond acceptors (Lipinski definition) is 6. The molecule has 3 fully saturated rings. The van der Waals surface area contributed by atoms with Gasteiger partial charge in [0.25, 0.3) is 8.32 Å². The average molecular weight is 680 g/mol. The predicted octanol–water partition coefficient (Wildman–Crippen LogP) is 7.68. The lowest BCUT2D eigenvalue weighted by molar-refractivity contribution is 0.119. The predicted molar refractivity (Wildman–Crippen MR) is 202 cm³/mol. The molecule has 1 aliphatic heterocycles. The van der Waals surface area contributed by atoms with Gasteiger partial charge in [-0.3, -0.25) is 0 Å². The van der Waals surface area contributed by atoms with E-state index in [-0.39, 0.29) is 10.5 Å². The molecule has 0 atom stereocenters. The van der Waals surface area contributed by atoms with Crippen LogP contribution < -0.4 is 15.1 Å². The van der Waals surface area contributed by atoms with Crippen molar-refractivity contribution in [1.82, 2.24) is 15.0 Å². The normalized spacial score (nSPS) is 18.7. The summed E-state index contributed by atoms with van der Waals surface area (Å²) in [5.41, 5.74) is 3.42. The van der Waals surface area contributed by atoms with E-state index in [1.165, 1.54) is 68.4 Å². The standard InChI is InChI=1S/C42H57N3O3Si/c1-41(2,3)49(34-12-8-6-9-13-34,35-14-10-7-11-15-35)47-31-42(24-25-42)30-45-26-22-32(23-27-45)18-20-38-36-19-21-39(46-29-33-16-17-33)37(28-44(4)5)40(36)48-43-38/h6-15,19,21,32-33H,16-18,20,22-31H2,1-5H3. The number of nitrogens with zero attached hydrogens (tertiary/aromatic N) is 3. The molecule has 1 saturated heterocycles. The molecule has 6 nitrogen and oxygen atoms in total. The van der Waals surface area contributed by atoms with Gasteiger partial charge in [0.05, 0.1) is 17.9 Å². The minimum atomic E-state index is -2.52. The molecule has 0 bridgehead atoms. The van der Waals surface area contributed by atoms with Crippen molar-refractivity contribution in [2.75, 3.05) is 46.9 Å². The number of likely N-dealkylation sites (tertiary alicyclic amines) is 1. The fraction of sp³-hybridized carbons (Fsp3) is 0.548. The molecular weight excluding hydrogens is 623 g/mol. The van der Waals surface area contributed by atoms with Crippen LogP contribution >= 0.6 is 0 Å². The van der Waals surface area contributed by atoms with Crippen molar-refractivity contribution < 1.29 is 13.7 Å². The van der Waals surface area contributed by atoms with Crippen molar-refractivity contribution in [1.29, 1.82) is 0 Å². The van der Waals surface area contributed by atoms with E-state index in [4.69, 9.17) is 13.7 Å². The first kappa shape index (κ1) is 34.5. The van der Waals surface area contributed by atoms with Crippen molar-refractivity contribution in [2.45, 2.75) is 83.7 Å². The van der Waals surface area contributed by atoms with Gasteiger partial charge in [0, 0.05) is 30.5 Å². The Hall–Kier alpha value is -2.97. The van der Waals surface area contributed by atoms with E-state index in [0.717, 1.165) is 72.5 Å². The largest absolute Gasteiger partial charge is 0.493 e. The number of piperidine rings is 1. The highest BCUT2D eigenvalue weighted by atomic mass is 28.4. The molecule has 3 aliphatic rings. The molecule has 0 unspecified atom stereocenters. The Balaban J connectivity index is 0.958. The third-order valence-corrected chi connectivity index (χ3v) is 16.4. The maximum absolute atomic E-state index is 7.42. The number of benzene rings is 3. The second kappa shape index (κ2) is 14.3. The van der Waals surface area contributed by atoms with E-state index >= 15 is 0 Å². The van der Waals surface area contributed by atoms with E-state index in [9.17, 15) is 0 Å². The number of aromatic nitrogens is 1. The molecule has 3 aromatic carbocycles. The fourth-order valence-corrected chi connectivity index (χ4v) is 12.8. The highest BCUT2D eigenvalue weighted by Gasteiger charge is 2.53. The number of rotatable bonds is 15. The van der Waals surface area contributed by atoms with Gasteiger partial charge in [0.15, 0.2) is 5.58 Å². The molecule has 4 aromatic rings. The lowest BCUT2D eigenvalue weighted by atomic mass is 9.90. The minimum Gasteiger partial charge on any atom is -0.493 e. The summed E-state index contributed by atoms with van der Waals surface area (Å²) in [4.78, 5) is 4.92. The molecule has 0 spiro atoms. The first-order chi connectivity index (χ1) is 23.7. The van der Waals surface area contributed by atoms with Crippen molar-refractivity contribution in [3.8, 4) is 5.75 Å². The van der Waals surface area contributed by atoms with Gasteiger partial charge in [-0.2, -0.15) is 0 Å². The lowest BCUT2D eigenvalue weighted by Gasteiger charge is -2.44. The number of fused-ring (bicyclic) bond motifs is 1. The summed E-state index contributed by atoms with van der Waals surface area (Å²) in [6, 6.07) is 26.5. The van der Waals surface area contributed by atoms with Crippen LogP contribution in [0.25, 0.3) is 11.0 Å². The maximum Gasteiger partial charge on any atom is 0.261 e. The van der Waals surface area contributed by atoms with Crippen LogP contribution in [0, 0.1) is 17.3 Å². The van der Waals surface area contributed by atoms with Crippen molar-refractivity contribution in [2.24, 2.45) is 17.3 Å². The molecule has 0 radical (unpaired) electrons. The van der Waals surface area contributed by atoms with E-state index in [0.29, 0.717) is 0 Å². The fourth-order valence-electron chi connectivity index (χ4n) is 8.16. The van der Waals surface area contributed by atoms with E-state index in [1.54, 1.807) is 0 Å². The molecule has 262 valence electrons. The summed E-state index contributed by atoms with van der Waals surface area (Å²) < 4.78 is 19.7. The van der Waals surface area contributed by atoms with Gasteiger partial charge in [0.1, 0.15) is 5.75 Å². The summed E-state index contributed by atoms with van der Waals surface area (Å²) in [6.45, 7) is 13.1.